The van der Waals surface area contributed by atoms with Crippen LogP contribution in [0, 0.1) is 6.92 Å². The molecule has 1 aromatic carbocycles. The van der Waals surface area contributed by atoms with Crippen LogP contribution in [0.4, 0.5) is 11.5 Å². The summed E-state index contributed by atoms with van der Waals surface area (Å²) in [5.41, 5.74) is 3.04. The molecule has 7 nitrogen and oxygen atoms in total. The number of ether oxygens (including phenoxy) is 1. The van der Waals surface area contributed by atoms with Gasteiger partial charge in [-0.25, -0.2) is 4.98 Å². The number of benzene rings is 1. The van der Waals surface area contributed by atoms with Crippen molar-refractivity contribution >= 4 is 17.4 Å². The predicted octanol–water partition coefficient (Wildman–Crippen LogP) is 3.13. The Kier molecular flexibility index (Phi) is 5.07. The molecule has 1 aliphatic rings. The lowest BCUT2D eigenvalue weighted by molar-refractivity contribution is -0.0468. The van der Waals surface area contributed by atoms with Gasteiger partial charge in [-0.2, -0.15) is 5.10 Å². The zero-order valence-corrected chi connectivity index (χ0v) is 16.9. The Balaban J connectivity index is 1.45. The molecule has 3 aromatic rings. The van der Waals surface area contributed by atoms with Gasteiger partial charge in [-0.1, -0.05) is 17.7 Å². The molecule has 2 aromatic heterocycles. The third-order valence-corrected chi connectivity index (χ3v) is 5.23. The third-order valence-electron chi connectivity index (χ3n) is 5.23. The first-order chi connectivity index (χ1) is 13.9. The average molecular weight is 391 g/mol. The molecule has 0 radical (unpaired) electrons. The lowest BCUT2D eigenvalue weighted by atomic mass is 9.97. The second-order valence-electron chi connectivity index (χ2n) is 7.63. The van der Waals surface area contributed by atoms with Gasteiger partial charge in [0.05, 0.1) is 24.9 Å². The van der Waals surface area contributed by atoms with Gasteiger partial charge in [0.25, 0.3) is 5.91 Å². The normalized spacial score (nSPS) is 19.2. The fraction of sp³-hybridized carbons (Fsp3) is 0.318. The van der Waals surface area contributed by atoms with Crippen LogP contribution in [-0.4, -0.2) is 40.4 Å². The summed E-state index contributed by atoms with van der Waals surface area (Å²) in [6.07, 6.45) is 5.45. The second-order valence-corrected chi connectivity index (χ2v) is 7.63. The number of nitrogens with one attached hydrogen (secondary N) is 1. The Labute approximate surface area is 170 Å². The molecule has 0 saturated carbocycles. The Bertz CT molecular complexity index is 997. The summed E-state index contributed by atoms with van der Waals surface area (Å²) >= 11 is 0. The van der Waals surface area contributed by atoms with Crippen LogP contribution in [-0.2, 0) is 17.4 Å². The minimum Gasteiger partial charge on any atom is -0.367 e. The summed E-state index contributed by atoms with van der Waals surface area (Å²) in [6.45, 7) is 6.10. The predicted molar refractivity (Wildman–Crippen MR) is 112 cm³/mol. The lowest BCUT2D eigenvalue weighted by Gasteiger charge is -2.40. The molecule has 1 aliphatic heterocycles. The number of nitrogens with zero attached hydrogens (tertiary/aromatic N) is 4. The number of aromatic nitrogens is 3. The molecular weight excluding hydrogens is 366 g/mol. The largest absolute Gasteiger partial charge is 0.367 e. The van der Waals surface area contributed by atoms with E-state index in [9.17, 15) is 4.79 Å². The topological polar surface area (TPSA) is 72.3 Å². The molecule has 29 heavy (non-hydrogen) atoms. The maximum Gasteiger partial charge on any atom is 0.257 e. The van der Waals surface area contributed by atoms with Gasteiger partial charge in [0.2, 0.25) is 0 Å². The molecule has 0 bridgehead atoms. The van der Waals surface area contributed by atoms with Gasteiger partial charge in [0.1, 0.15) is 11.4 Å². The van der Waals surface area contributed by atoms with Crippen molar-refractivity contribution in [1.82, 2.24) is 14.8 Å². The van der Waals surface area contributed by atoms with Crippen molar-refractivity contribution < 1.29 is 9.53 Å². The SMILES string of the molecule is Cc1ccc(NC(=O)c2ccc(N3CCOC(C)(c4cnn(C)c4)C3)nc2)cc1. The van der Waals surface area contributed by atoms with Gasteiger partial charge in [0.15, 0.2) is 0 Å². The number of amides is 1. The van der Waals surface area contributed by atoms with Crippen LogP contribution >= 0.6 is 0 Å². The summed E-state index contributed by atoms with van der Waals surface area (Å²) < 4.78 is 7.85. The number of hydrogen-bond acceptors (Lipinski definition) is 5. The number of carbonyl (C=O) groups excluding carboxylic acids is 1. The van der Waals surface area contributed by atoms with Crippen molar-refractivity contribution in [2.45, 2.75) is 19.4 Å². The molecule has 1 fully saturated rings. The van der Waals surface area contributed by atoms with E-state index in [0.29, 0.717) is 18.7 Å². The van der Waals surface area contributed by atoms with Crippen molar-refractivity contribution in [3.8, 4) is 0 Å². The smallest absolute Gasteiger partial charge is 0.257 e. The molecule has 1 atom stereocenters. The summed E-state index contributed by atoms with van der Waals surface area (Å²) in [5, 5.41) is 7.16. The highest BCUT2D eigenvalue weighted by Gasteiger charge is 2.35. The van der Waals surface area contributed by atoms with E-state index in [4.69, 9.17) is 4.74 Å². The van der Waals surface area contributed by atoms with Gasteiger partial charge >= 0.3 is 0 Å². The molecule has 1 amide bonds. The van der Waals surface area contributed by atoms with Gasteiger partial charge < -0.3 is 15.0 Å². The van der Waals surface area contributed by atoms with Gasteiger partial charge in [-0.3, -0.25) is 9.48 Å². The number of rotatable bonds is 4. The van der Waals surface area contributed by atoms with E-state index in [2.05, 4.69) is 27.2 Å². The van der Waals surface area contributed by atoms with Crippen LogP contribution in [0.3, 0.4) is 0 Å². The van der Waals surface area contributed by atoms with Gasteiger partial charge in [0, 0.05) is 37.2 Å². The molecule has 1 saturated heterocycles. The van der Waals surface area contributed by atoms with E-state index in [1.807, 2.05) is 62.8 Å². The summed E-state index contributed by atoms with van der Waals surface area (Å²) in [7, 11) is 1.90. The zero-order chi connectivity index (χ0) is 20.4. The monoisotopic (exact) mass is 391 g/mol. The van der Waals surface area contributed by atoms with E-state index in [-0.39, 0.29) is 5.91 Å². The highest BCUT2D eigenvalue weighted by atomic mass is 16.5. The molecule has 150 valence electrons. The molecule has 3 heterocycles. The van der Waals surface area contributed by atoms with Crippen molar-refractivity contribution in [3.05, 3.63) is 71.7 Å². The number of hydrogen-bond donors (Lipinski definition) is 1. The summed E-state index contributed by atoms with van der Waals surface area (Å²) in [4.78, 5) is 19.2. The molecular formula is C22H25N5O2. The van der Waals surface area contributed by atoms with E-state index >= 15 is 0 Å². The first-order valence-electron chi connectivity index (χ1n) is 9.65. The molecule has 0 aliphatic carbocycles. The zero-order valence-electron chi connectivity index (χ0n) is 16.9. The number of pyridine rings is 1. The first kappa shape index (κ1) is 19.1. The molecule has 0 spiro atoms. The van der Waals surface area contributed by atoms with Crippen molar-refractivity contribution in [2.75, 3.05) is 29.9 Å². The van der Waals surface area contributed by atoms with E-state index in [0.717, 1.165) is 29.2 Å². The van der Waals surface area contributed by atoms with Crippen LogP contribution < -0.4 is 10.2 Å². The Morgan fingerprint density at radius 3 is 2.62 bits per heavy atom. The maximum absolute atomic E-state index is 12.5. The van der Waals surface area contributed by atoms with E-state index in [1.54, 1.807) is 10.9 Å². The van der Waals surface area contributed by atoms with Crippen LogP contribution in [0.2, 0.25) is 0 Å². The maximum atomic E-state index is 12.5. The molecule has 1 unspecified atom stereocenters. The minimum atomic E-state index is -0.449. The molecule has 4 rings (SSSR count). The fourth-order valence-electron chi connectivity index (χ4n) is 3.48. The van der Waals surface area contributed by atoms with E-state index < -0.39 is 5.60 Å². The standard InChI is InChI=1S/C22H25N5O2/c1-16-4-7-19(8-5-16)25-21(28)17-6-9-20(23-12-17)27-10-11-29-22(2,15-27)18-13-24-26(3)14-18/h4-9,12-14H,10-11,15H2,1-3H3,(H,25,28). The van der Waals surface area contributed by atoms with E-state index in [1.165, 1.54) is 0 Å². The minimum absolute atomic E-state index is 0.171. The second kappa shape index (κ2) is 7.67. The molecule has 7 heteroatoms. The Hall–Kier alpha value is -3.19. The Morgan fingerprint density at radius 1 is 1.17 bits per heavy atom. The lowest BCUT2D eigenvalue weighted by Crippen LogP contribution is -2.48. The number of aryl methyl sites for hydroxylation is 2. The summed E-state index contributed by atoms with van der Waals surface area (Å²) in [6, 6.07) is 11.4. The van der Waals surface area contributed by atoms with Crippen molar-refractivity contribution in [2.24, 2.45) is 7.05 Å². The fourth-order valence-corrected chi connectivity index (χ4v) is 3.48. The van der Waals surface area contributed by atoms with Crippen LogP contribution in [0.1, 0.15) is 28.4 Å². The highest BCUT2D eigenvalue weighted by molar-refractivity contribution is 6.04. The third kappa shape index (κ3) is 4.14. The van der Waals surface area contributed by atoms with Crippen molar-refractivity contribution in [3.63, 3.8) is 0 Å². The molecule has 1 N–H and O–H groups in total. The number of anilines is 2. The number of carbonyl (C=O) groups is 1. The average Bonchev–Trinajstić information content (AvgIpc) is 3.17. The van der Waals surface area contributed by atoms with Crippen LogP contribution in [0.25, 0.3) is 0 Å². The first-order valence-corrected chi connectivity index (χ1v) is 9.65. The Morgan fingerprint density at radius 2 is 1.97 bits per heavy atom. The van der Waals surface area contributed by atoms with Gasteiger partial charge in [-0.05, 0) is 38.1 Å². The quantitative estimate of drug-likeness (QED) is 0.740. The number of morpholine rings is 1. The highest BCUT2D eigenvalue weighted by Crippen LogP contribution is 2.31. The summed E-state index contributed by atoms with van der Waals surface area (Å²) in [5.74, 6) is 0.658. The van der Waals surface area contributed by atoms with Crippen LogP contribution in [0.5, 0.6) is 0 Å². The van der Waals surface area contributed by atoms with Crippen LogP contribution in [0.15, 0.2) is 55.0 Å². The van der Waals surface area contributed by atoms with Crippen molar-refractivity contribution in [1.29, 1.82) is 0 Å². The van der Waals surface area contributed by atoms with Gasteiger partial charge in [-0.15, -0.1) is 0 Å².